The molecule has 2 heterocycles. The maximum absolute atomic E-state index is 12.0. The second kappa shape index (κ2) is 9.02. The molecule has 0 spiro atoms. The van der Waals surface area contributed by atoms with Gasteiger partial charge in [0.2, 0.25) is 0 Å². The molecule has 5 rings (SSSR count). The van der Waals surface area contributed by atoms with Crippen LogP contribution in [-0.4, -0.2) is 54.8 Å². The molecule has 0 saturated carbocycles. The summed E-state index contributed by atoms with van der Waals surface area (Å²) in [7, 11) is 0. The fourth-order valence-electron chi connectivity index (χ4n) is 4.34. The van der Waals surface area contributed by atoms with Crippen molar-refractivity contribution in [3.63, 3.8) is 0 Å². The molecule has 1 aromatic heterocycles. The first-order valence-corrected chi connectivity index (χ1v) is 11.0. The Morgan fingerprint density at radius 1 is 1.00 bits per heavy atom. The third-order valence-electron chi connectivity index (χ3n) is 6.07. The topological polar surface area (TPSA) is 69.7 Å². The van der Waals surface area contributed by atoms with E-state index < -0.39 is 5.91 Å². The molecule has 1 fully saturated rings. The Kier molecular flexibility index (Phi) is 5.79. The predicted octanol–water partition coefficient (Wildman–Crippen LogP) is 3.65. The lowest BCUT2D eigenvalue weighted by Crippen LogP contribution is -2.38. The fraction of sp³-hybridized carbons (Fsp3) is 0.269. The predicted molar refractivity (Wildman–Crippen MR) is 126 cm³/mol. The maximum Gasteiger partial charge on any atom is 0.250 e. The van der Waals surface area contributed by atoms with Gasteiger partial charge in [0.25, 0.3) is 5.91 Å². The molecule has 0 aliphatic carbocycles. The fourth-order valence-corrected chi connectivity index (χ4v) is 4.34. The van der Waals surface area contributed by atoms with Gasteiger partial charge >= 0.3 is 0 Å². The van der Waals surface area contributed by atoms with Gasteiger partial charge in [-0.3, -0.25) is 9.69 Å². The summed E-state index contributed by atoms with van der Waals surface area (Å²) in [4.78, 5) is 14.4. The summed E-state index contributed by atoms with van der Waals surface area (Å²) < 4.78 is 13.5. The van der Waals surface area contributed by atoms with Crippen LogP contribution in [0.15, 0.2) is 66.9 Å². The number of amides is 1. The monoisotopic (exact) mass is 429 g/mol. The van der Waals surface area contributed by atoms with Crippen molar-refractivity contribution in [2.75, 3.05) is 39.5 Å². The van der Waals surface area contributed by atoms with Crippen LogP contribution < -0.4 is 10.5 Å². The van der Waals surface area contributed by atoms with Crippen LogP contribution in [0, 0.1) is 0 Å². The number of nitrogens with zero attached hydrogens (tertiary/aromatic N) is 2. The van der Waals surface area contributed by atoms with Gasteiger partial charge in [-0.2, -0.15) is 0 Å². The van der Waals surface area contributed by atoms with E-state index in [1.54, 1.807) is 0 Å². The third-order valence-corrected chi connectivity index (χ3v) is 6.07. The summed E-state index contributed by atoms with van der Waals surface area (Å²) in [6.07, 6.45) is 1.85. The van der Waals surface area contributed by atoms with Gasteiger partial charge in [-0.05, 0) is 34.5 Å². The quantitative estimate of drug-likeness (QED) is 0.487. The molecule has 4 aromatic rings. The molecular formula is C26H27N3O3. The number of aromatic nitrogens is 1. The minimum absolute atomic E-state index is 0.423. The van der Waals surface area contributed by atoms with Crippen LogP contribution in [0.5, 0.6) is 5.75 Å². The van der Waals surface area contributed by atoms with Crippen LogP contribution in [0.1, 0.15) is 15.9 Å². The van der Waals surface area contributed by atoms with Gasteiger partial charge in [0.15, 0.2) is 0 Å². The molecule has 0 unspecified atom stereocenters. The smallest absolute Gasteiger partial charge is 0.250 e. The van der Waals surface area contributed by atoms with E-state index in [2.05, 4.69) is 39.8 Å². The molecule has 1 amide bonds. The molecule has 6 heteroatoms. The molecule has 0 bridgehead atoms. The van der Waals surface area contributed by atoms with Crippen molar-refractivity contribution in [3.05, 3.63) is 78.0 Å². The number of morpholine rings is 1. The summed E-state index contributed by atoms with van der Waals surface area (Å²) in [5.41, 5.74) is 8.29. The van der Waals surface area contributed by atoms with Crippen molar-refractivity contribution in [2.45, 2.75) is 6.54 Å². The number of primary amides is 1. The van der Waals surface area contributed by atoms with E-state index in [0.717, 1.165) is 55.1 Å². The number of carbonyl (C=O) groups is 1. The molecule has 164 valence electrons. The Morgan fingerprint density at radius 3 is 2.62 bits per heavy atom. The zero-order valence-electron chi connectivity index (χ0n) is 18.0. The number of fused-ring (bicyclic) bond motifs is 2. The number of nitrogens with two attached hydrogens (primary N) is 1. The zero-order valence-corrected chi connectivity index (χ0v) is 18.0. The highest BCUT2D eigenvalue weighted by molar-refractivity contribution is 6.06. The standard InChI is InChI=1S/C26H27N3O3/c27-26(30)24-18-29(17-19-5-6-20-3-1-2-4-21(20)15-19)25-16-22(7-8-23(24)25)32-14-11-28-9-12-31-13-10-28/h1-8,15-16,18H,9-14,17H2,(H2,27,30). The number of hydrogen-bond acceptors (Lipinski definition) is 4. The lowest BCUT2D eigenvalue weighted by Gasteiger charge is -2.26. The van der Waals surface area contributed by atoms with Crippen LogP contribution in [0.25, 0.3) is 21.7 Å². The Bertz CT molecular complexity index is 1260. The molecule has 1 aliphatic rings. The highest BCUT2D eigenvalue weighted by Crippen LogP contribution is 2.27. The van der Waals surface area contributed by atoms with E-state index in [0.29, 0.717) is 18.7 Å². The first-order valence-electron chi connectivity index (χ1n) is 11.0. The third kappa shape index (κ3) is 4.33. The van der Waals surface area contributed by atoms with E-state index in [-0.39, 0.29) is 0 Å². The van der Waals surface area contributed by atoms with Crippen molar-refractivity contribution in [2.24, 2.45) is 5.73 Å². The first-order chi connectivity index (χ1) is 15.7. The van der Waals surface area contributed by atoms with Gasteiger partial charge in [-0.15, -0.1) is 0 Å². The van der Waals surface area contributed by atoms with Crippen molar-refractivity contribution >= 4 is 27.6 Å². The Morgan fingerprint density at radius 2 is 1.81 bits per heavy atom. The molecule has 0 atom stereocenters. The summed E-state index contributed by atoms with van der Waals surface area (Å²) in [5.74, 6) is 0.368. The minimum Gasteiger partial charge on any atom is -0.492 e. The number of rotatable bonds is 7. The molecule has 6 nitrogen and oxygen atoms in total. The number of benzene rings is 3. The zero-order chi connectivity index (χ0) is 21.9. The van der Waals surface area contributed by atoms with Crippen LogP contribution in [0.4, 0.5) is 0 Å². The Hall–Kier alpha value is -3.35. The van der Waals surface area contributed by atoms with Crippen LogP contribution in [-0.2, 0) is 11.3 Å². The lowest BCUT2D eigenvalue weighted by molar-refractivity contribution is 0.0322. The molecule has 32 heavy (non-hydrogen) atoms. The number of hydrogen-bond donors (Lipinski definition) is 1. The van der Waals surface area contributed by atoms with Crippen LogP contribution in [0.2, 0.25) is 0 Å². The molecule has 2 N–H and O–H groups in total. The molecule has 1 aliphatic heterocycles. The summed E-state index contributed by atoms with van der Waals surface area (Å²) in [6.45, 7) is 5.57. The van der Waals surface area contributed by atoms with Crippen LogP contribution in [0.3, 0.4) is 0 Å². The average Bonchev–Trinajstić information content (AvgIpc) is 3.18. The normalized spacial score (nSPS) is 14.8. The second-order valence-corrected chi connectivity index (χ2v) is 8.20. The number of carbonyl (C=O) groups excluding carboxylic acids is 1. The van der Waals surface area contributed by atoms with Gasteiger partial charge in [0.05, 0.1) is 24.3 Å². The highest BCUT2D eigenvalue weighted by Gasteiger charge is 2.15. The first kappa shape index (κ1) is 20.5. The van der Waals surface area contributed by atoms with Gasteiger partial charge < -0.3 is 19.8 Å². The van der Waals surface area contributed by atoms with Gasteiger partial charge in [0.1, 0.15) is 12.4 Å². The average molecular weight is 430 g/mol. The summed E-state index contributed by atoms with van der Waals surface area (Å²) in [6, 6.07) is 20.6. The van der Waals surface area contributed by atoms with Gasteiger partial charge in [-0.25, -0.2) is 0 Å². The Labute approximate surface area is 187 Å². The van der Waals surface area contributed by atoms with Crippen LogP contribution >= 0.6 is 0 Å². The molecule has 0 radical (unpaired) electrons. The second-order valence-electron chi connectivity index (χ2n) is 8.20. The van der Waals surface area contributed by atoms with E-state index in [9.17, 15) is 4.79 Å². The summed E-state index contributed by atoms with van der Waals surface area (Å²) >= 11 is 0. The Balaban J connectivity index is 1.40. The SMILES string of the molecule is NC(=O)c1cn(Cc2ccc3ccccc3c2)c2cc(OCCN3CCOCC3)ccc12. The minimum atomic E-state index is -0.423. The van der Waals surface area contributed by atoms with Crippen molar-refractivity contribution in [3.8, 4) is 5.75 Å². The van der Waals surface area contributed by atoms with Crippen molar-refractivity contribution in [1.29, 1.82) is 0 Å². The highest BCUT2D eigenvalue weighted by atomic mass is 16.5. The molecular weight excluding hydrogens is 402 g/mol. The number of ether oxygens (including phenoxy) is 2. The summed E-state index contributed by atoms with van der Waals surface area (Å²) in [5, 5.41) is 3.25. The van der Waals surface area contributed by atoms with E-state index in [4.69, 9.17) is 15.2 Å². The van der Waals surface area contributed by atoms with Crippen molar-refractivity contribution < 1.29 is 14.3 Å². The van der Waals surface area contributed by atoms with E-state index in [1.807, 2.05) is 36.5 Å². The lowest BCUT2D eigenvalue weighted by atomic mass is 10.1. The van der Waals surface area contributed by atoms with Gasteiger partial charge in [0, 0.05) is 43.8 Å². The molecule has 3 aromatic carbocycles. The largest absolute Gasteiger partial charge is 0.492 e. The van der Waals surface area contributed by atoms with Crippen molar-refractivity contribution in [1.82, 2.24) is 9.47 Å². The van der Waals surface area contributed by atoms with E-state index >= 15 is 0 Å². The van der Waals surface area contributed by atoms with E-state index in [1.165, 1.54) is 10.8 Å². The van der Waals surface area contributed by atoms with Gasteiger partial charge in [-0.1, -0.05) is 36.4 Å². The molecule has 1 saturated heterocycles. The maximum atomic E-state index is 12.0.